The smallest absolute Gasteiger partial charge is 0.314 e. The van der Waals surface area contributed by atoms with Crippen LogP contribution in [-0.2, 0) is 27.3 Å². The Hall–Kier alpha value is -3.16. The molecule has 3 amide bonds. The fourth-order valence-corrected chi connectivity index (χ4v) is 2.04. The summed E-state index contributed by atoms with van der Waals surface area (Å²) in [4.78, 5) is 37.0. The number of hydrogen-bond donors (Lipinski definition) is 2. The van der Waals surface area contributed by atoms with Crippen LogP contribution in [0.1, 0.15) is 12.5 Å². The van der Waals surface area contributed by atoms with E-state index in [1.807, 2.05) is 25.1 Å². The number of benzene rings is 1. The molecular formula is C17H21N5O3. The molecule has 0 radical (unpaired) electrons. The van der Waals surface area contributed by atoms with Crippen molar-refractivity contribution in [1.82, 2.24) is 14.7 Å². The van der Waals surface area contributed by atoms with Crippen molar-refractivity contribution in [1.29, 1.82) is 0 Å². The summed E-state index contributed by atoms with van der Waals surface area (Å²) in [5.41, 5.74) is 1.96. The Morgan fingerprint density at radius 3 is 2.44 bits per heavy atom. The monoisotopic (exact) mass is 343 g/mol. The minimum absolute atomic E-state index is 0.0544. The van der Waals surface area contributed by atoms with E-state index in [4.69, 9.17) is 0 Å². The van der Waals surface area contributed by atoms with Gasteiger partial charge in [0.15, 0.2) is 0 Å². The molecule has 2 N–H and O–H groups in total. The lowest BCUT2D eigenvalue weighted by molar-refractivity contribution is -0.133. The Kier molecular flexibility index (Phi) is 5.89. The van der Waals surface area contributed by atoms with Gasteiger partial charge in [-0.2, -0.15) is 5.10 Å². The van der Waals surface area contributed by atoms with Crippen molar-refractivity contribution >= 4 is 29.1 Å². The van der Waals surface area contributed by atoms with Gasteiger partial charge in [-0.05, 0) is 24.1 Å². The molecule has 1 heterocycles. The summed E-state index contributed by atoms with van der Waals surface area (Å²) in [6, 6.07) is 7.29. The number of nitrogens with zero attached hydrogens (tertiary/aromatic N) is 3. The van der Waals surface area contributed by atoms with Crippen LogP contribution in [0.15, 0.2) is 36.7 Å². The number of likely N-dealkylation sites (N-methyl/N-ethyl adjacent to an activating group) is 1. The average Bonchev–Trinajstić information content (AvgIpc) is 3.01. The summed E-state index contributed by atoms with van der Waals surface area (Å²) < 4.78 is 1.39. The highest BCUT2D eigenvalue weighted by atomic mass is 16.2. The van der Waals surface area contributed by atoms with Gasteiger partial charge in [-0.25, -0.2) is 0 Å². The van der Waals surface area contributed by atoms with Crippen LogP contribution in [0.5, 0.6) is 0 Å². The number of rotatable bonds is 5. The zero-order chi connectivity index (χ0) is 18.4. The van der Waals surface area contributed by atoms with Crippen molar-refractivity contribution in [3.05, 3.63) is 42.2 Å². The first-order valence-corrected chi connectivity index (χ1v) is 7.83. The second-order valence-electron chi connectivity index (χ2n) is 5.68. The maximum absolute atomic E-state index is 12.0. The lowest BCUT2D eigenvalue weighted by Crippen LogP contribution is -2.29. The van der Waals surface area contributed by atoms with Gasteiger partial charge in [-0.1, -0.05) is 19.1 Å². The Morgan fingerprint density at radius 2 is 1.80 bits per heavy atom. The van der Waals surface area contributed by atoms with Crippen LogP contribution >= 0.6 is 0 Å². The normalized spacial score (nSPS) is 10.2. The predicted octanol–water partition coefficient (Wildman–Crippen LogP) is 1.11. The van der Waals surface area contributed by atoms with Gasteiger partial charge in [0.05, 0.1) is 11.9 Å². The van der Waals surface area contributed by atoms with Gasteiger partial charge in [-0.15, -0.1) is 0 Å². The minimum atomic E-state index is -0.805. The Morgan fingerprint density at radius 1 is 1.12 bits per heavy atom. The molecule has 0 spiro atoms. The Bertz CT molecular complexity index is 782. The molecule has 0 bridgehead atoms. The van der Waals surface area contributed by atoms with Gasteiger partial charge < -0.3 is 15.5 Å². The van der Waals surface area contributed by atoms with Crippen molar-refractivity contribution < 1.29 is 14.4 Å². The fourth-order valence-electron chi connectivity index (χ4n) is 2.04. The number of anilines is 2. The van der Waals surface area contributed by atoms with E-state index in [1.165, 1.54) is 22.0 Å². The Labute approximate surface area is 145 Å². The molecule has 1 aromatic carbocycles. The largest absolute Gasteiger partial charge is 0.347 e. The first-order valence-electron chi connectivity index (χ1n) is 7.83. The first kappa shape index (κ1) is 18.2. The molecule has 0 aliphatic rings. The van der Waals surface area contributed by atoms with E-state index < -0.39 is 11.8 Å². The highest BCUT2D eigenvalue weighted by Gasteiger charge is 2.15. The van der Waals surface area contributed by atoms with Crippen LogP contribution in [0.4, 0.5) is 11.4 Å². The highest BCUT2D eigenvalue weighted by Crippen LogP contribution is 2.11. The third kappa shape index (κ3) is 5.17. The summed E-state index contributed by atoms with van der Waals surface area (Å²) in [7, 11) is 3.29. The van der Waals surface area contributed by atoms with E-state index in [9.17, 15) is 14.4 Å². The predicted molar refractivity (Wildman–Crippen MR) is 94.0 cm³/mol. The van der Waals surface area contributed by atoms with Gasteiger partial charge >= 0.3 is 11.8 Å². The number of nitrogens with one attached hydrogen (secondary N) is 2. The number of hydrogen-bond acceptors (Lipinski definition) is 4. The van der Waals surface area contributed by atoms with E-state index >= 15 is 0 Å². The van der Waals surface area contributed by atoms with Crippen LogP contribution in [0.2, 0.25) is 0 Å². The second kappa shape index (κ2) is 8.09. The lowest BCUT2D eigenvalue weighted by atomic mass is 10.1. The van der Waals surface area contributed by atoms with Crippen molar-refractivity contribution in [3.63, 3.8) is 0 Å². The van der Waals surface area contributed by atoms with Crippen molar-refractivity contribution in [2.75, 3.05) is 24.7 Å². The number of carbonyl (C=O) groups excluding carboxylic acids is 3. The molecule has 0 saturated heterocycles. The first-order chi connectivity index (χ1) is 11.9. The van der Waals surface area contributed by atoms with E-state index in [0.717, 1.165) is 12.0 Å². The number of aromatic nitrogens is 2. The molecule has 2 aromatic rings. The molecule has 0 fully saturated rings. The van der Waals surface area contributed by atoms with Crippen LogP contribution in [0.25, 0.3) is 0 Å². The third-order valence-electron chi connectivity index (χ3n) is 3.49. The maximum Gasteiger partial charge on any atom is 0.314 e. The van der Waals surface area contributed by atoms with Crippen LogP contribution in [0, 0.1) is 0 Å². The van der Waals surface area contributed by atoms with E-state index in [1.54, 1.807) is 20.2 Å². The summed E-state index contributed by atoms with van der Waals surface area (Å²) >= 11 is 0. The standard InChI is InChI=1S/C17H21N5O3/c1-4-12-6-5-7-13(8-12)19-16(24)17(25)20-14-9-18-22(10-14)11-15(23)21(2)3/h5-10H,4,11H2,1-3H3,(H,19,24)(H,20,25). The van der Waals surface area contributed by atoms with Gasteiger partial charge in [-0.3, -0.25) is 19.1 Å². The molecule has 0 atom stereocenters. The zero-order valence-electron chi connectivity index (χ0n) is 14.4. The molecule has 132 valence electrons. The Balaban J connectivity index is 1.93. The van der Waals surface area contributed by atoms with Crippen LogP contribution < -0.4 is 10.6 Å². The molecule has 8 heteroatoms. The van der Waals surface area contributed by atoms with Crippen LogP contribution in [0.3, 0.4) is 0 Å². The number of carbonyl (C=O) groups is 3. The second-order valence-corrected chi connectivity index (χ2v) is 5.68. The summed E-state index contributed by atoms with van der Waals surface area (Å²) in [5, 5.41) is 8.99. The number of aryl methyl sites for hydroxylation is 1. The minimum Gasteiger partial charge on any atom is -0.347 e. The molecule has 0 unspecified atom stereocenters. The van der Waals surface area contributed by atoms with E-state index in [2.05, 4.69) is 15.7 Å². The van der Waals surface area contributed by atoms with E-state index in [0.29, 0.717) is 11.4 Å². The quantitative estimate of drug-likeness (QED) is 0.795. The molecule has 0 saturated carbocycles. The molecule has 0 aliphatic heterocycles. The zero-order valence-corrected chi connectivity index (χ0v) is 14.4. The van der Waals surface area contributed by atoms with Crippen molar-refractivity contribution in [2.45, 2.75) is 19.9 Å². The van der Waals surface area contributed by atoms with Gasteiger partial charge in [0.1, 0.15) is 6.54 Å². The van der Waals surface area contributed by atoms with Gasteiger partial charge in [0, 0.05) is 26.0 Å². The average molecular weight is 343 g/mol. The van der Waals surface area contributed by atoms with Gasteiger partial charge in [0.2, 0.25) is 5.91 Å². The van der Waals surface area contributed by atoms with Gasteiger partial charge in [0.25, 0.3) is 0 Å². The summed E-state index contributed by atoms with van der Waals surface area (Å²) in [6.45, 7) is 2.06. The maximum atomic E-state index is 12.0. The lowest BCUT2D eigenvalue weighted by Gasteiger charge is -2.09. The van der Waals surface area contributed by atoms with E-state index in [-0.39, 0.29) is 12.5 Å². The molecule has 25 heavy (non-hydrogen) atoms. The number of amides is 3. The van der Waals surface area contributed by atoms with Crippen molar-refractivity contribution in [2.24, 2.45) is 0 Å². The third-order valence-corrected chi connectivity index (χ3v) is 3.49. The summed E-state index contributed by atoms with van der Waals surface area (Å²) in [6.07, 6.45) is 3.71. The van der Waals surface area contributed by atoms with Crippen molar-refractivity contribution in [3.8, 4) is 0 Å². The topological polar surface area (TPSA) is 96.3 Å². The molecule has 8 nitrogen and oxygen atoms in total. The molecular weight excluding hydrogens is 322 g/mol. The molecule has 2 rings (SSSR count). The summed E-state index contributed by atoms with van der Waals surface area (Å²) in [5.74, 6) is -1.71. The highest BCUT2D eigenvalue weighted by molar-refractivity contribution is 6.43. The van der Waals surface area contributed by atoms with Crippen LogP contribution in [-0.4, -0.2) is 46.5 Å². The molecule has 1 aromatic heterocycles. The fraction of sp³-hybridized carbons (Fsp3) is 0.294. The molecule has 0 aliphatic carbocycles. The SMILES string of the molecule is CCc1cccc(NC(=O)C(=O)Nc2cnn(CC(=O)N(C)C)c2)c1.